The van der Waals surface area contributed by atoms with Gasteiger partial charge in [0.05, 0.1) is 6.04 Å². The topological polar surface area (TPSA) is 24.1 Å². The fourth-order valence-electron chi connectivity index (χ4n) is 2.33. The van der Waals surface area contributed by atoms with Crippen LogP contribution < -0.4 is 10.6 Å². The van der Waals surface area contributed by atoms with Crippen LogP contribution in [0.3, 0.4) is 0 Å². The molecular weight excluding hydrogens is 312 g/mol. The average molecular weight is 333 g/mol. The number of thiocarbonyl (C=S) groups is 1. The molecule has 0 aliphatic rings. The maximum absolute atomic E-state index is 6.00. The van der Waals surface area contributed by atoms with Crippen LogP contribution in [0.2, 0.25) is 5.02 Å². The summed E-state index contributed by atoms with van der Waals surface area (Å²) in [4.78, 5) is 0. The predicted molar refractivity (Wildman–Crippen MR) is 99.4 cm³/mol. The van der Waals surface area contributed by atoms with Crippen molar-refractivity contribution in [1.29, 1.82) is 0 Å². The summed E-state index contributed by atoms with van der Waals surface area (Å²) in [6.07, 6.45) is 1.02. The quantitative estimate of drug-likeness (QED) is 0.715. The second-order valence-electron chi connectivity index (χ2n) is 5.70. The zero-order chi connectivity index (χ0) is 15.9. The Hall–Kier alpha value is -1.58. The van der Waals surface area contributed by atoms with Gasteiger partial charge in [-0.05, 0) is 48.3 Å². The number of halogens is 1. The highest BCUT2D eigenvalue weighted by Crippen LogP contribution is 2.21. The molecule has 2 rings (SSSR count). The van der Waals surface area contributed by atoms with Gasteiger partial charge in [-0.3, -0.25) is 0 Å². The van der Waals surface area contributed by atoms with Crippen molar-refractivity contribution < 1.29 is 0 Å². The Labute approximate surface area is 142 Å². The van der Waals surface area contributed by atoms with Crippen molar-refractivity contribution in [3.05, 3.63) is 65.2 Å². The normalized spacial score (nSPS) is 12.0. The minimum Gasteiger partial charge on any atom is -0.356 e. The zero-order valence-corrected chi connectivity index (χ0v) is 14.4. The molecule has 0 bridgehead atoms. The molecule has 0 saturated carbocycles. The van der Waals surface area contributed by atoms with Crippen LogP contribution in [0.25, 0.3) is 0 Å². The molecule has 0 radical (unpaired) electrons. The molecule has 0 fully saturated rings. The third kappa shape index (κ3) is 5.32. The molecule has 22 heavy (non-hydrogen) atoms. The molecule has 2 N–H and O–H groups in total. The average Bonchev–Trinajstić information content (AvgIpc) is 2.47. The van der Waals surface area contributed by atoms with E-state index in [4.69, 9.17) is 23.8 Å². The lowest BCUT2D eigenvalue weighted by Gasteiger charge is -2.23. The second-order valence-corrected chi connectivity index (χ2v) is 6.55. The molecule has 4 heteroatoms. The maximum Gasteiger partial charge on any atom is 0.171 e. The van der Waals surface area contributed by atoms with E-state index < -0.39 is 0 Å². The first-order chi connectivity index (χ1) is 10.5. The van der Waals surface area contributed by atoms with Crippen molar-refractivity contribution in [3.63, 3.8) is 0 Å². The van der Waals surface area contributed by atoms with Gasteiger partial charge in [0.1, 0.15) is 0 Å². The van der Waals surface area contributed by atoms with E-state index in [0.29, 0.717) is 16.1 Å². The van der Waals surface area contributed by atoms with Crippen LogP contribution in [0.1, 0.15) is 31.9 Å². The Morgan fingerprint density at radius 1 is 1.09 bits per heavy atom. The van der Waals surface area contributed by atoms with E-state index in [0.717, 1.165) is 12.1 Å². The number of hydrogen-bond acceptors (Lipinski definition) is 1. The molecule has 1 atom stereocenters. The van der Waals surface area contributed by atoms with Gasteiger partial charge in [-0.15, -0.1) is 0 Å². The van der Waals surface area contributed by atoms with E-state index in [2.05, 4.69) is 48.7 Å². The summed E-state index contributed by atoms with van der Waals surface area (Å²) >= 11 is 11.4. The minimum absolute atomic E-state index is 0.195. The van der Waals surface area contributed by atoms with E-state index >= 15 is 0 Å². The van der Waals surface area contributed by atoms with Gasteiger partial charge in [-0.25, -0.2) is 0 Å². The van der Waals surface area contributed by atoms with Crippen LogP contribution in [0.15, 0.2) is 54.6 Å². The number of anilines is 1. The maximum atomic E-state index is 6.00. The van der Waals surface area contributed by atoms with Crippen molar-refractivity contribution in [3.8, 4) is 0 Å². The summed E-state index contributed by atoms with van der Waals surface area (Å²) < 4.78 is 0. The van der Waals surface area contributed by atoms with E-state index in [1.54, 1.807) is 0 Å². The largest absolute Gasteiger partial charge is 0.356 e. The lowest BCUT2D eigenvalue weighted by molar-refractivity contribution is 0.481. The Bertz CT molecular complexity index is 613. The second kappa shape index (κ2) is 8.16. The first-order valence-corrected chi connectivity index (χ1v) is 8.21. The van der Waals surface area contributed by atoms with Gasteiger partial charge in [-0.2, -0.15) is 0 Å². The molecule has 2 nitrogen and oxygen atoms in total. The minimum atomic E-state index is 0.195. The smallest absolute Gasteiger partial charge is 0.171 e. The van der Waals surface area contributed by atoms with Gasteiger partial charge in [0.25, 0.3) is 0 Å². The summed E-state index contributed by atoms with van der Waals surface area (Å²) in [5.41, 5.74) is 2.13. The number of rotatable bonds is 5. The summed E-state index contributed by atoms with van der Waals surface area (Å²) in [6.45, 7) is 4.43. The van der Waals surface area contributed by atoms with E-state index in [-0.39, 0.29) is 6.04 Å². The molecule has 2 aromatic carbocycles. The molecule has 0 aromatic heterocycles. The Balaban J connectivity index is 2.05. The van der Waals surface area contributed by atoms with E-state index in [1.807, 2.05) is 30.3 Å². The highest BCUT2D eigenvalue weighted by molar-refractivity contribution is 7.80. The van der Waals surface area contributed by atoms with Crippen molar-refractivity contribution in [2.24, 2.45) is 5.92 Å². The Morgan fingerprint density at radius 3 is 2.45 bits per heavy atom. The summed E-state index contributed by atoms with van der Waals surface area (Å²) in [6, 6.07) is 18.1. The first-order valence-electron chi connectivity index (χ1n) is 7.42. The van der Waals surface area contributed by atoms with Gasteiger partial charge < -0.3 is 10.6 Å². The lowest BCUT2D eigenvalue weighted by atomic mass is 9.97. The molecule has 116 valence electrons. The number of nitrogens with one attached hydrogen (secondary N) is 2. The van der Waals surface area contributed by atoms with Crippen molar-refractivity contribution in [2.75, 3.05) is 5.32 Å². The van der Waals surface area contributed by atoms with Crippen LogP contribution in [0.4, 0.5) is 5.69 Å². The Kier molecular flexibility index (Phi) is 6.22. The van der Waals surface area contributed by atoms with E-state index in [9.17, 15) is 0 Å². The molecule has 0 aliphatic carbocycles. The first kappa shape index (κ1) is 16.8. The third-order valence-corrected chi connectivity index (χ3v) is 3.75. The molecule has 0 amide bonds. The molecule has 0 aliphatic heterocycles. The lowest BCUT2D eigenvalue weighted by Crippen LogP contribution is -2.33. The van der Waals surface area contributed by atoms with Gasteiger partial charge in [0, 0.05) is 10.7 Å². The number of hydrogen-bond donors (Lipinski definition) is 2. The van der Waals surface area contributed by atoms with Crippen molar-refractivity contribution in [2.45, 2.75) is 26.3 Å². The SMILES string of the molecule is CC(C)C[C@@H](NC(=S)Nc1cccc(Cl)c1)c1ccccc1. The van der Waals surface area contributed by atoms with Gasteiger partial charge in [0.15, 0.2) is 5.11 Å². The van der Waals surface area contributed by atoms with Crippen LogP contribution in [-0.4, -0.2) is 5.11 Å². The van der Waals surface area contributed by atoms with Crippen LogP contribution >= 0.6 is 23.8 Å². The molecule has 0 spiro atoms. The highest BCUT2D eigenvalue weighted by Gasteiger charge is 2.14. The van der Waals surface area contributed by atoms with Gasteiger partial charge in [0.2, 0.25) is 0 Å². The monoisotopic (exact) mass is 332 g/mol. The van der Waals surface area contributed by atoms with E-state index in [1.165, 1.54) is 5.56 Å². The van der Waals surface area contributed by atoms with Crippen LogP contribution in [0, 0.1) is 5.92 Å². The third-order valence-electron chi connectivity index (χ3n) is 3.30. The zero-order valence-electron chi connectivity index (χ0n) is 12.8. The molecule has 0 unspecified atom stereocenters. The van der Waals surface area contributed by atoms with Gasteiger partial charge in [-0.1, -0.05) is 61.8 Å². The number of benzene rings is 2. The predicted octanol–water partition coefficient (Wildman–Crippen LogP) is 5.41. The fourth-order valence-corrected chi connectivity index (χ4v) is 2.78. The fraction of sp³-hybridized carbons (Fsp3) is 0.278. The van der Waals surface area contributed by atoms with Gasteiger partial charge >= 0.3 is 0 Å². The summed E-state index contributed by atoms with van der Waals surface area (Å²) in [5.74, 6) is 0.576. The summed E-state index contributed by atoms with van der Waals surface area (Å²) in [7, 11) is 0. The molecule has 2 aromatic rings. The highest BCUT2D eigenvalue weighted by atomic mass is 35.5. The standard InChI is InChI=1S/C18H21ClN2S/c1-13(2)11-17(14-7-4-3-5-8-14)21-18(22)20-16-10-6-9-15(19)12-16/h3-10,12-13,17H,11H2,1-2H3,(H2,20,21,22)/t17-/m1/s1. The molecular formula is C18H21ClN2S. The molecule has 0 heterocycles. The molecule has 0 saturated heterocycles. The Morgan fingerprint density at radius 2 is 1.82 bits per heavy atom. The van der Waals surface area contributed by atoms with Crippen LogP contribution in [0.5, 0.6) is 0 Å². The summed E-state index contributed by atoms with van der Waals surface area (Å²) in [5, 5.41) is 7.90. The van der Waals surface area contributed by atoms with Crippen molar-refractivity contribution in [1.82, 2.24) is 5.32 Å². The van der Waals surface area contributed by atoms with Crippen molar-refractivity contribution >= 4 is 34.6 Å². The van der Waals surface area contributed by atoms with Crippen LogP contribution in [-0.2, 0) is 0 Å².